The molecule has 2 N–H and O–H groups in total. The predicted molar refractivity (Wildman–Crippen MR) is 120 cm³/mol. The lowest BCUT2D eigenvalue weighted by molar-refractivity contribution is -0.384. The molecule has 0 saturated carbocycles. The molecule has 0 aliphatic rings. The number of nitro benzene ring substituents is 1. The number of hydrogen-bond donors (Lipinski definition) is 2. The first-order chi connectivity index (χ1) is 15.5. The van der Waals surface area contributed by atoms with Crippen LogP contribution in [0.3, 0.4) is 0 Å². The summed E-state index contributed by atoms with van der Waals surface area (Å²) in [6.45, 7) is 0. The molecule has 0 aliphatic carbocycles. The van der Waals surface area contributed by atoms with Crippen molar-refractivity contribution in [1.29, 1.82) is 0 Å². The Morgan fingerprint density at radius 2 is 1.84 bits per heavy atom. The minimum absolute atomic E-state index is 0.0418. The Labute approximate surface area is 189 Å². The van der Waals surface area contributed by atoms with Crippen LogP contribution < -0.4 is 5.32 Å². The van der Waals surface area contributed by atoms with Crippen molar-refractivity contribution in [3.63, 3.8) is 0 Å². The van der Waals surface area contributed by atoms with E-state index < -0.39 is 10.9 Å². The average Bonchev–Trinajstić information content (AvgIpc) is 3.34. The van der Waals surface area contributed by atoms with Crippen LogP contribution in [0.25, 0.3) is 22.5 Å². The van der Waals surface area contributed by atoms with Crippen molar-refractivity contribution in [3.05, 3.63) is 80.8 Å². The van der Waals surface area contributed by atoms with Crippen molar-refractivity contribution in [3.8, 4) is 22.5 Å². The van der Waals surface area contributed by atoms with Gasteiger partial charge < -0.3 is 10.1 Å². The zero-order valence-electron chi connectivity index (χ0n) is 16.6. The number of methoxy groups -OCH3 is 1. The van der Waals surface area contributed by atoms with Crippen LogP contribution in [-0.2, 0) is 4.74 Å². The number of tetrazole rings is 1. The van der Waals surface area contributed by atoms with E-state index >= 15 is 0 Å². The highest BCUT2D eigenvalue weighted by Gasteiger charge is 2.24. The molecule has 4 rings (SSSR count). The van der Waals surface area contributed by atoms with Gasteiger partial charge in [0.15, 0.2) is 0 Å². The number of nitrogens with zero attached hydrogens (tertiary/aromatic N) is 4. The van der Waals surface area contributed by atoms with Crippen LogP contribution in [0.15, 0.2) is 65.1 Å². The summed E-state index contributed by atoms with van der Waals surface area (Å²) in [7, 11) is 1.22. The van der Waals surface area contributed by atoms with E-state index in [-0.39, 0.29) is 16.9 Å². The highest BCUT2D eigenvalue weighted by atomic mass is 79.9. The number of anilines is 2. The smallest absolute Gasteiger partial charge is 0.340 e. The Morgan fingerprint density at radius 1 is 1.12 bits per heavy atom. The van der Waals surface area contributed by atoms with Gasteiger partial charge in [0.1, 0.15) is 5.69 Å². The molecule has 4 aromatic rings. The molecule has 1 heterocycles. The van der Waals surface area contributed by atoms with Gasteiger partial charge in [-0.05, 0) is 34.5 Å². The van der Waals surface area contributed by atoms with Crippen molar-refractivity contribution in [1.82, 2.24) is 20.6 Å². The molecule has 10 nitrogen and oxygen atoms in total. The van der Waals surface area contributed by atoms with Gasteiger partial charge in [0.05, 0.1) is 17.6 Å². The zero-order chi connectivity index (χ0) is 22.7. The van der Waals surface area contributed by atoms with Gasteiger partial charge in [0.25, 0.3) is 5.69 Å². The largest absolute Gasteiger partial charge is 0.465 e. The van der Waals surface area contributed by atoms with Gasteiger partial charge in [-0.2, -0.15) is 5.21 Å². The molecule has 0 aliphatic heterocycles. The van der Waals surface area contributed by atoms with E-state index in [1.165, 1.54) is 19.2 Å². The first kappa shape index (κ1) is 21.1. The highest BCUT2D eigenvalue weighted by molar-refractivity contribution is 9.10. The number of carbonyl (C=O) groups excluding carboxylic acids is 1. The number of aromatic nitrogens is 4. The first-order valence-corrected chi connectivity index (χ1v) is 10.0. The number of H-pyrrole nitrogens is 1. The summed E-state index contributed by atoms with van der Waals surface area (Å²) in [5.41, 5.74) is 2.97. The Bertz CT molecular complexity index is 1290. The quantitative estimate of drug-likeness (QED) is 0.223. The molecule has 0 amide bonds. The highest BCUT2D eigenvalue weighted by Crippen LogP contribution is 2.36. The number of hydrogen-bond acceptors (Lipinski definition) is 8. The van der Waals surface area contributed by atoms with Gasteiger partial charge >= 0.3 is 5.97 Å². The van der Waals surface area contributed by atoms with Crippen LogP contribution in [0.1, 0.15) is 10.4 Å². The fourth-order valence-corrected chi connectivity index (χ4v) is 3.67. The molecule has 0 bridgehead atoms. The molecule has 0 spiro atoms. The number of nitro groups is 1. The first-order valence-electron chi connectivity index (χ1n) is 9.24. The Hall–Kier alpha value is -4.12. The fourth-order valence-electron chi connectivity index (χ4n) is 3.22. The monoisotopic (exact) mass is 494 g/mol. The van der Waals surface area contributed by atoms with E-state index in [4.69, 9.17) is 4.74 Å². The molecule has 11 heteroatoms. The number of rotatable bonds is 6. The third-order valence-corrected chi connectivity index (χ3v) is 5.12. The molecular formula is C21H15BrN6O4. The molecule has 0 unspecified atom stereocenters. The lowest BCUT2D eigenvalue weighted by Crippen LogP contribution is -2.08. The normalized spacial score (nSPS) is 10.6. The van der Waals surface area contributed by atoms with E-state index in [1.54, 1.807) is 12.1 Å². The standard InChI is InChI=1S/C21H15BrN6O4/c1-32-21(29)17-10-13(22)11-18(28(30)31)19(17)23-14-8-6-12(7-9-14)15-4-2-3-5-16(15)20-24-26-27-25-20/h2-11,23H,1H3,(H,24,25,26,27). The minimum Gasteiger partial charge on any atom is -0.465 e. The molecule has 0 atom stereocenters. The topological polar surface area (TPSA) is 136 Å². The Kier molecular flexibility index (Phi) is 5.90. The number of benzene rings is 3. The van der Waals surface area contributed by atoms with Crippen LogP contribution in [0, 0.1) is 10.1 Å². The van der Waals surface area contributed by atoms with Gasteiger partial charge in [0, 0.05) is 21.8 Å². The lowest BCUT2D eigenvalue weighted by Gasteiger charge is -2.13. The van der Waals surface area contributed by atoms with Crippen LogP contribution in [0.4, 0.5) is 17.1 Å². The van der Waals surface area contributed by atoms with Crippen molar-refractivity contribution in [2.45, 2.75) is 0 Å². The van der Waals surface area contributed by atoms with Crippen molar-refractivity contribution < 1.29 is 14.5 Å². The molecule has 32 heavy (non-hydrogen) atoms. The van der Waals surface area contributed by atoms with Gasteiger partial charge in [-0.1, -0.05) is 52.3 Å². The summed E-state index contributed by atoms with van der Waals surface area (Å²) in [5, 5.41) is 28.7. The Morgan fingerprint density at radius 3 is 2.47 bits per heavy atom. The molecule has 0 saturated heterocycles. The maximum Gasteiger partial charge on any atom is 0.340 e. The number of carbonyl (C=O) groups is 1. The van der Waals surface area contributed by atoms with E-state index in [0.29, 0.717) is 16.0 Å². The van der Waals surface area contributed by atoms with E-state index in [9.17, 15) is 14.9 Å². The number of ether oxygens (including phenoxy) is 1. The number of nitrogens with one attached hydrogen (secondary N) is 2. The SMILES string of the molecule is COC(=O)c1cc(Br)cc([N+](=O)[O-])c1Nc1ccc(-c2ccccc2-c2nn[nH]n2)cc1. The molecule has 3 aromatic carbocycles. The van der Waals surface area contributed by atoms with Crippen LogP contribution in [-0.4, -0.2) is 38.6 Å². The number of aromatic amines is 1. The third kappa shape index (κ3) is 4.18. The molecular weight excluding hydrogens is 480 g/mol. The van der Waals surface area contributed by atoms with Crippen LogP contribution in [0.2, 0.25) is 0 Å². The maximum atomic E-state index is 12.2. The second-order valence-corrected chi connectivity index (χ2v) is 7.50. The van der Waals surface area contributed by atoms with Gasteiger partial charge in [0.2, 0.25) is 5.82 Å². The molecule has 0 radical (unpaired) electrons. The summed E-state index contributed by atoms with van der Waals surface area (Å²) in [5.74, 6) is -0.224. The molecule has 1 aromatic heterocycles. The van der Waals surface area contributed by atoms with Crippen molar-refractivity contribution >= 4 is 39.0 Å². The Balaban J connectivity index is 1.71. The van der Waals surface area contributed by atoms with Crippen molar-refractivity contribution in [2.24, 2.45) is 0 Å². The zero-order valence-corrected chi connectivity index (χ0v) is 18.2. The third-order valence-electron chi connectivity index (χ3n) is 4.66. The number of halogens is 1. The van der Waals surface area contributed by atoms with Crippen molar-refractivity contribution in [2.75, 3.05) is 12.4 Å². The summed E-state index contributed by atoms with van der Waals surface area (Å²) in [4.78, 5) is 23.2. The molecule has 0 fully saturated rings. The second-order valence-electron chi connectivity index (χ2n) is 6.58. The summed E-state index contributed by atoms with van der Waals surface area (Å²) >= 11 is 3.20. The van der Waals surface area contributed by atoms with E-state index in [2.05, 4.69) is 41.9 Å². The van der Waals surface area contributed by atoms with Gasteiger partial charge in [-0.15, -0.1) is 10.2 Å². The fraction of sp³-hybridized carbons (Fsp3) is 0.0476. The van der Waals surface area contributed by atoms with E-state index in [0.717, 1.165) is 16.7 Å². The summed E-state index contributed by atoms with van der Waals surface area (Å²) in [6, 6.07) is 17.6. The maximum absolute atomic E-state index is 12.2. The van der Waals surface area contributed by atoms with Crippen LogP contribution >= 0.6 is 15.9 Å². The minimum atomic E-state index is -0.692. The lowest BCUT2D eigenvalue weighted by atomic mass is 9.99. The number of esters is 1. The van der Waals surface area contributed by atoms with E-state index in [1.807, 2.05) is 36.4 Å². The van der Waals surface area contributed by atoms with Crippen LogP contribution in [0.5, 0.6) is 0 Å². The summed E-state index contributed by atoms with van der Waals surface area (Å²) in [6.07, 6.45) is 0. The molecule has 160 valence electrons. The predicted octanol–water partition coefficient (Wildman–Crippen LogP) is 4.73. The average molecular weight is 495 g/mol. The second kappa shape index (κ2) is 8.94. The van der Waals surface area contributed by atoms with Gasteiger partial charge in [-0.3, -0.25) is 10.1 Å². The van der Waals surface area contributed by atoms with Gasteiger partial charge in [-0.25, -0.2) is 4.79 Å². The summed E-state index contributed by atoms with van der Waals surface area (Å²) < 4.78 is 5.18.